The van der Waals surface area contributed by atoms with Gasteiger partial charge in [0, 0.05) is 37.3 Å². The molecule has 0 saturated heterocycles. The Hall–Kier alpha value is -4.19. The Labute approximate surface area is 198 Å². The van der Waals surface area contributed by atoms with E-state index in [9.17, 15) is 24.5 Å². The lowest BCUT2D eigenvalue weighted by Gasteiger charge is -2.12. The van der Waals surface area contributed by atoms with Gasteiger partial charge in [0.1, 0.15) is 0 Å². The number of imidazole rings is 1. The molecule has 12 heteroatoms. The van der Waals surface area contributed by atoms with E-state index in [1.54, 1.807) is 42.1 Å². The zero-order valence-electron chi connectivity index (χ0n) is 18.3. The van der Waals surface area contributed by atoms with Crippen LogP contribution in [0.25, 0.3) is 0 Å². The van der Waals surface area contributed by atoms with Crippen LogP contribution in [0.5, 0.6) is 0 Å². The van der Waals surface area contributed by atoms with Crippen LogP contribution in [0.3, 0.4) is 0 Å². The summed E-state index contributed by atoms with van der Waals surface area (Å²) in [5, 5.41) is 16.7. The summed E-state index contributed by atoms with van der Waals surface area (Å²) in [6.07, 6.45) is 3.40. The lowest BCUT2D eigenvalue weighted by Crippen LogP contribution is -2.22. The minimum Gasteiger partial charge on any atom is -0.452 e. The number of hydrogen-bond acceptors (Lipinski definition) is 8. The number of anilines is 2. The van der Waals surface area contributed by atoms with Crippen molar-refractivity contribution in [3.8, 4) is 0 Å². The molecule has 3 aromatic rings. The van der Waals surface area contributed by atoms with Crippen molar-refractivity contribution < 1.29 is 24.0 Å². The van der Waals surface area contributed by atoms with E-state index >= 15 is 0 Å². The molecule has 1 heterocycles. The molecule has 0 bridgehead atoms. The number of carbonyl (C=O) groups is 3. The van der Waals surface area contributed by atoms with Crippen molar-refractivity contribution >= 4 is 46.6 Å². The van der Waals surface area contributed by atoms with E-state index in [2.05, 4.69) is 15.6 Å². The Balaban J connectivity index is 1.56. The number of esters is 1. The Morgan fingerprint density at radius 2 is 1.85 bits per heavy atom. The third-order valence-electron chi connectivity index (χ3n) is 4.56. The minimum atomic E-state index is -0.789. The molecular weight excluding hydrogens is 462 g/mol. The number of nitrogens with one attached hydrogen (secondary N) is 2. The van der Waals surface area contributed by atoms with Crippen LogP contribution >= 0.6 is 11.8 Å². The number of nitro groups is 1. The highest BCUT2D eigenvalue weighted by Crippen LogP contribution is 2.22. The summed E-state index contributed by atoms with van der Waals surface area (Å²) in [4.78, 5) is 51.5. The van der Waals surface area contributed by atoms with Crippen molar-refractivity contribution in [2.45, 2.75) is 12.1 Å². The summed E-state index contributed by atoms with van der Waals surface area (Å²) in [5.41, 5.74) is 1.11. The van der Waals surface area contributed by atoms with Crippen LogP contribution in [0.15, 0.2) is 60.0 Å². The van der Waals surface area contributed by atoms with Gasteiger partial charge in [-0.3, -0.25) is 19.7 Å². The van der Waals surface area contributed by atoms with E-state index in [1.807, 2.05) is 7.05 Å². The Morgan fingerprint density at radius 3 is 2.53 bits per heavy atom. The number of nitrogens with zero attached hydrogens (tertiary/aromatic N) is 3. The van der Waals surface area contributed by atoms with Crippen molar-refractivity contribution in [2.75, 3.05) is 23.0 Å². The fourth-order valence-electron chi connectivity index (χ4n) is 2.87. The smallest absolute Gasteiger partial charge is 0.340 e. The molecule has 0 spiro atoms. The average molecular weight is 484 g/mol. The summed E-state index contributed by atoms with van der Waals surface area (Å²) >= 11 is 1.25. The number of aryl methyl sites for hydroxylation is 2. The third-order valence-corrected chi connectivity index (χ3v) is 5.62. The quantitative estimate of drug-likeness (QED) is 0.204. The van der Waals surface area contributed by atoms with Gasteiger partial charge in [-0.2, -0.15) is 0 Å². The lowest BCUT2D eigenvalue weighted by molar-refractivity contribution is -0.384. The number of thioether (sulfide) groups is 1. The van der Waals surface area contributed by atoms with Crippen molar-refractivity contribution in [3.63, 3.8) is 0 Å². The first-order valence-electron chi connectivity index (χ1n) is 9.95. The van der Waals surface area contributed by atoms with Crippen LogP contribution in [0.1, 0.15) is 15.9 Å². The van der Waals surface area contributed by atoms with Crippen molar-refractivity contribution in [2.24, 2.45) is 7.05 Å². The topological polar surface area (TPSA) is 145 Å². The third kappa shape index (κ3) is 6.42. The number of para-hydroxylation sites is 1. The van der Waals surface area contributed by atoms with Crippen LogP contribution in [0, 0.1) is 17.0 Å². The molecule has 0 radical (unpaired) electrons. The molecule has 2 aromatic carbocycles. The second-order valence-corrected chi connectivity index (χ2v) is 8.03. The molecule has 0 atom stereocenters. The summed E-state index contributed by atoms with van der Waals surface area (Å²) in [5.74, 6) is -1.65. The maximum Gasteiger partial charge on any atom is 0.340 e. The molecule has 0 saturated carbocycles. The van der Waals surface area contributed by atoms with Crippen LogP contribution in [0.2, 0.25) is 0 Å². The van der Waals surface area contributed by atoms with Gasteiger partial charge in [0.25, 0.3) is 11.6 Å². The molecule has 0 aliphatic rings. The van der Waals surface area contributed by atoms with E-state index in [-0.39, 0.29) is 28.6 Å². The number of hydrogen-bond donors (Lipinski definition) is 2. The number of benzene rings is 2. The maximum absolute atomic E-state index is 12.5. The van der Waals surface area contributed by atoms with Crippen LogP contribution in [-0.4, -0.2) is 44.6 Å². The van der Waals surface area contributed by atoms with Gasteiger partial charge in [0.05, 0.1) is 21.9 Å². The molecule has 0 fully saturated rings. The van der Waals surface area contributed by atoms with E-state index in [0.717, 1.165) is 0 Å². The molecule has 0 aliphatic carbocycles. The normalized spacial score (nSPS) is 10.4. The number of ether oxygens (including phenoxy) is 1. The van der Waals surface area contributed by atoms with Gasteiger partial charge in [0.2, 0.25) is 5.91 Å². The average Bonchev–Trinajstić information content (AvgIpc) is 3.22. The Morgan fingerprint density at radius 1 is 1.12 bits per heavy atom. The highest BCUT2D eigenvalue weighted by Gasteiger charge is 2.17. The molecule has 2 N–H and O–H groups in total. The van der Waals surface area contributed by atoms with Gasteiger partial charge in [-0.05, 0) is 30.7 Å². The predicted octanol–water partition coefficient (Wildman–Crippen LogP) is 3.16. The predicted molar refractivity (Wildman–Crippen MR) is 126 cm³/mol. The van der Waals surface area contributed by atoms with Gasteiger partial charge in [-0.25, -0.2) is 9.78 Å². The first-order chi connectivity index (χ1) is 16.2. The molecule has 0 aliphatic heterocycles. The van der Waals surface area contributed by atoms with E-state index < -0.39 is 23.4 Å². The number of non-ortho nitro benzene ring substituents is 1. The lowest BCUT2D eigenvalue weighted by atomic mass is 10.1. The first-order valence-corrected chi connectivity index (χ1v) is 10.9. The number of carbonyl (C=O) groups excluding carboxylic acids is 3. The molecule has 11 nitrogen and oxygen atoms in total. The van der Waals surface area contributed by atoms with Gasteiger partial charge >= 0.3 is 5.97 Å². The summed E-state index contributed by atoms with van der Waals surface area (Å²) < 4.78 is 6.88. The van der Waals surface area contributed by atoms with E-state index in [0.29, 0.717) is 16.4 Å². The minimum absolute atomic E-state index is 0.0885. The van der Waals surface area contributed by atoms with Crippen LogP contribution in [0.4, 0.5) is 17.1 Å². The van der Waals surface area contributed by atoms with Gasteiger partial charge in [-0.15, -0.1) is 0 Å². The van der Waals surface area contributed by atoms with Crippen LogP contribution < -0.4 is 10.6 Å². The second-order valence-electron chi connectivity index (χ2n) is 7.08. The molecule has 3 rings (SSSR count). The number of rotatable bonds is 9. The number of amides is 2. The molecular formula is C22H21N5O6S. The number of aromatic nitrogens is 2. The molecule has 0 unspecified atom stereocenters. The Kier molecular flexibility index (Phi) is 7.98. The highest BCUT2D eigenvalue weighted by molar-refractivity contribution is 7.99. The molecule has 1 aromatic heterocycles. The summed E-state index contributed by atoms with van der Waals surface area (Å²) in [6.45, 7) is 1.03. The van der Waals surface area contributed by atoms with Crippen molar-refractivity contribution in [1.82, 2.24) is 9.55 Å². The SMILES string of the molecule is Cc1cc([N+](=O)[O-])ccc1NC(=O)COC(=O)c1ccccc1NC(=O)CSc1nccn1C. The second kappa shape index (κ2) is 11.1. The van der Waals surface area contributed by atoms with E-state index in [1.165, 1.54) is 36.0 Å². The van der Waals surface area contributed by atoms with Crippen molar-refractivity contribution in [1.29, 1.82) is 0 Å². The standard InChI is InChI=1S/C22H21N5O6S/c1-14-11-15(27(31)32)7-8-17(14)24-19(28)12-33-21(30)16-5-3-4-6-18(16)25-20(29)13-34-22-23-9-10-26(22)2/h3-11H,12-13H2,1-2H3,(H,24,28)(H,25,29). The fraction of sp³-hybridized carbons (Fsp3) is 0.182. The molecule has 34 heavy (non-hydrogen) atoms. The zero-order chi connectivity index (χ0) is 24.7. The summed E-state index contributed by atoms with van der Waals surface area (Å²) in [6, 6.07) is 10.3. The zero-order valence-corrected chi connectivity index (χ0v) is 19.1. The van der Waals surface area contributed by atoms with Gasteiger partial charge in [-0.1, -0.05) is 23.9 Å². The van der Waals surface area contributed by atoms with Crippen LogP contribution in [-0.2, 0) is 21.4 Å². The fourth-order valence-corrected chi connectivity index (χ4v) is 3.61. The van der Waals surface area contributed by atoms with Crippen molar-refractivity contribution in [3.05, 3.63) is 76.1 Å². The molecule has 2 amide bonds. The summed E-state index contributed by atoms with van der Waals surface area (Å²) in [7, 11) is 1.82. The highest BCUT2D eigenvalue weighted by atomic mass is 32.2. The van der Waals surface area contributed by atoms with Gasteiger partial charge in [0.15, 0.2) is 11.8 Å². The van der Waals surface area contributed by atoms with Gasteiger partial charge < -0.3 is 19.9 Å². The monoisotopic (exact) mass is 483 g/mol. The molecule has 176 valence electrons. The number of nitro benzene ring substituents is 1. The van der Waals surface area contributed by atoms with E-state index in [4.69, 9.17) is 4.74 Å². The Bertz CT molecular complexity index is 1240. The maximum atomic E-state index is 12.5. The largest absolute Gasteiger partial charge is 0.452 e. The first kappa shape index (κ1) is 24.5.